The Labute approximate surface area is 116 Å². The van der Waals surface area contributed by atoms with Gasteiger partial charge in [0.25, 0.3) is 0 Å². The number of benzene rings is 1. The highest BCUT2D eigenvalue weighted by Crippen LogP contribution is 2.31. The Kier molecular flexibility index (Phi) is 5.92. The van der Waals surface area contributed by atoms with E-state index < -0.39 is 5.97 Å². The van der Waals surface area contributed by atoms with E-state index in [1.54, 1.807) is 0 Å². The predicted molar refractivity (Wildman–Crippen MR) is 75.8 cm³/mol. The number of rotatable bonds is 6. The van der Waals surface area contributed by atoms with Crippen molar-refractivity contribution in [1.29, 1.82) is 0 Å². The van der Waals surface area contributed by atoms with Crippen LogP contribution in [0.1, 0.15) is 32.3 Å². The third kappa shape index (κ3) is 4.18. The van der Waals surface area contributed by atoms with Crippen molar-refractivity contribution in [3.05, 3.63) is 34.3 Å². The van der Waals surface area contributed by atoms with Crippen molar-refractivity contribution in [2.75, 3.05) is 6.61 Å². The Morgan fingerprint density at radius 2 is 2.17 bits per heavy atom. The first kappa shape index (κ1) is 14.8. The van der Waals surface area contributed by atoms with Gasteiger partial charge in [-0.2, -0.15) is 0 Å². The maximum atomic E-state index is 10.8. The summed E-state index contributed by atoms with van der Waals surface area (Å²) in [6, 6.07) is 5.65. The van der Waals surface area contributed by atoms with Gasteiger partial charge in [-0.25, -0.2) is 4.79 Å². The molecule has 0 atom stereocenters. The SMILES string of the molecule is CCCOc1ccc(Br)cc1/C(=C/C(=O)O)CC. The Balaban J connectivity index is 3.17. The summed E-state index contributed by atoms with van der Waals surface area (Å²) in [5.74, 6) is -0.206. The molecule has 0 radical (unpaired) electrons. The molecule has 0 aliphatic carbocycles. The second kappa shape index (κ2) is 7.21. The molecule has 0 aromatic heterocycles. The number of carbonyl (C=O) groups is 1. The monoisotopic (exact) mass is 312 g/mol. The van der Waals surface area contributed by atoms with Crippen molar-refractivity contribution in [2.24, 2.45) is 0 Å². The van der Waals surface area contributed by atoms with E-state index in [-0.39, 0.29) is 0 Å². The molecule has 1 aromatic carbocycles. The smallest absolute Gasteiger partial charge is 0.328 e. The van der Waals surface area contributed by atoms with Crippen LogP contribution < -0.4 is 4.74 Å². The second-order valence-corrected chi connectivity index (χ2v) is 4.77. The fraction of sp³-hybridized carbons (Fsp3) is 0.357. The van der Waals surface area contributed by atoms with Crippen LogP contribution in [0, 0.1) is 0 Å². The zero-order valence-corrected chi connectivity index (χ0v) is 12.2. The van der Waals surface area contributed by atoms with Crippen LogP contribution in [0.4, 0.5) is 0 Å². The van der Waals surface area contributed by atoms with Crippen molar-refractivity contribution in [3.63, 3.8) is 0 Å². The molecule has 0 unspecified atom stereocenters. The molecule has 0 heterocycles. The van der Waals surface area contributed by atoms with Crippen LogP contribution in [-0.2, 0) is 4.79 Å². The molecule has 18 heavy (non-hydrogen) atoms. The van der Waals surface area contributed by atoms with E-state index in [0.29, 0.717) is 13.0 Å². The molecule has 0 bridgehead atoms. The van der Waals surface area contributed by atoms with Crippen molar-refractivity contribution in [1.82, 2.24) is 0 Å². The number of carboxylic acid groups (broad SMARTS) is 1. The predicted octanol–water partition coefficient (Wildman–Crippen LogP) is 4.12. The van der Waals surface area contributed by atoms with Gasteiger partial charge < -0.3 is 9.84 Å². The molecule has 3 nitrogen and oxygen atoms in total. The average molecular weight is 313 g/mol. The maximum absolute atomic E-state index is 10.8. The van der Waals surface area contributed by atoms with E-state index >= 15 is 0 Å². The minimum absolute atomic E-state index is 0.624. The van der Waals surface area contributed by atoms with Gasteiger partial charge in [-0.1, -0.05) is 29.8 Å². The number of aliphatic carboxylic acids is 1. The summed E-state index contributed by atoms with van der Waals surface area (Å²) in [6.07, 6.45) is 2.80. The fourth-order valence-electron chi connectivity index (χ4n) is 1.61. The molecule has 1 rings (SSSR count). The highest BCUT2D eigenvalue weighted by molar-refractivity contribution is 9.10. The van der Waals surface area contributed by atoms with Crippen molar-refractivity contribution >= 4 is 27.5 Å². The van der Waals surface area contributed by atoms with E-state index in [0.717, 1.165) is 27.8 Å². The number of allylic oxidation sites excluding steroid dienone is 1. The minimum Gasteiger partial charge on any atom is -0.493 e. The fourth-order valence-corrected chi connectivity index (χ4v) is 1.97. The van der Waals surface area contributed by atoms with Crippen molar-refractivity contribution in [2.45, 2.75) is 26.7 Å². The third-order valence-electron chi connectivity index (χ3n) is 2.43. The summed E-state index contributed by atoms with van der Waals surface area (Å²) in [7, 11) is 0. The van der Waals surface area contributed by atoms with Gasteiger partial charge in [0.1, 0.15) is 5.75 Å². The number of carboxylic acids is 1. The molecule has 0 saturated carbocycles. The van der Waals surface area contributed by atoms with Gasteiger partial charge in [0.2, 0.25) is 0 Å². The number of hydrogen-bond acceptors (Lipinski definition) is 2. The van der Waals surface area contributed by atoms with E-state index in [4.69, 9.17) is 9.84 Å². The molecular formula is C14H17BrO3. The average Bonchev–Trinajstić information content (AvgIpc) is 2.34. The highest BCUT2D eigenvalue weighted by atomic mass is 79.9. The Morgan fingerprint density at radius 3 is 2.72 bits per heavy atom. The number of halogens is 1. The van der Waals surface area contributed by atoms with Crippen LogP contribution in [0.25, 0.3) is 5.57 Å². The first-order valence-corrected chi connectivity index (χ1v) is 6.74. The molecule has 1 N–H and O–H groups in total. The van der Waals surface area contributed by atoms with E-state index in [9.17, 15) is 4.79 Å². The lowest BCUT2D eigenvalue weighted by Gasteiger charge is -2.13. The van der Waals surface area contributed by atoms with Crippen LogP contribution in [0.3, 0.4) is 0 Å². The van der Waals surface area contributed by atoms with Gasteiger partial charge in [0.15, 0.2) is 0 Å². The Bertz CT molecular complexity index is 452. The van der Waals surface area contributed by atoms with Crippen molar-refractivity contribution in [3.8, 4) is 5.75 Å². The lowest BCUT2D eigenvalue weighted by Crippen LogP contribution is -2.00. The van der Waals surface area contributed by atoms with Crippen LogP contribution in [0.2, 0.25) is 0 Å². The zero-order valence-electron chi connectivity index (χ0n) is 10.6. The largest absolute Gasteiger partial charge is 0.493 e. The molecule has 0 saturated heterocycles. The van der Waals surface area contributed by atoms with Gasteiger partial charge in [-0.15, -0.1) is 0 Å². The molecular weight excluding hydrogens is 296 g/mol. The molecule has 4 heteroatoms. The van der Waals surface area contributed by atoms with Gasteiger partial charge in [0, 0.05) is 16.1 Å². The maximum Gasteiger partial charge on any atom is 0.328 e. The van der Waals surface area contributed by atoms with Crippen LogP contribution in [-0.4, -0.2) is 17.7 Å². The summed E-state index contributed by atoms with van der Waals surface area (Å²) < 4.78 is 6.56. The number of hydrogen-bond donors (Lipinski definition) is 1. The molecule has 0 amide bonds. The zero-order chi connectivity index (χ0) is 13.5. The Hall–Kier alpha value is -1.29. The van der Waals surface area contributed by atoms with E-state index in [2.05, 4.69) is 15.9 Å². The van der Waals surface area contributed by atoms with Crippen LogP contribution in [0.15, 0.2) is 28.7 Å². The minimum atomic E-state index is -0.937. The summed E-state index contributed by atoms with van der Waals surface area (Å²) in [5.41, 5.74) is 1.60. The van der Waals surface area contributed by atoms with Crippen LogP contribution >= 0.6 is 15.9 Å². The second-order valence-electron chi connectivity index (χ2n) is 3.85. The molecule has 0 aliphatic rings. The normalized spacial score (nSPS) is 11.4. The van der Waals surface area contributed by atoms with Gasteiger partial charge in [0.05, 0.1) is 6.61 Å². The Morgan fingerprint density at radius 1 is 1.44 bits per heavy atom. The standard InChI is InChI=1S/C14H17BrO3/c1-3-7-18-13-6-5-11(15)9-12(13)10(4-2)8-14(16)17/h5-6,8-9H,3-4,7H2,1-2H3,(H,16,17)/b10-8+. The quantitative estimate of drug-likeness (QED) is 0.804. The topological polar surface area (TPSA) is 46.5 Å². The van der Waals surface area contributed by atoms with Gasteiger partial charge in [-0.3, -0.25) is 0 Å². The van der Waals surface area contributed by atoms with Crippen LogP contribution in [0.5, 0.6) is 5.75 Å². The van der Waals surface area contributed by atoms with Gasteiger partial charge in [-0.05, 0) is 36.6 Å². The van der Waals surface area contributed by atoms with Crippen molar-refractivity contribution < 1.29 is 14.6 Å². The molecule has 0 spiro atoms. The summed E-state index contributed by atoms with van der Waals surface area (Å²) in [4.78, 5) is 10.8. The molecule has 0 aliphatic heterocycles. The third-order valence-corrected chi connectivity index (χ3v) is 2.92. The highest BCUT2D eigenvalue weighted by Gasteiger charge is 2.10. The molecule has 0 fully saturated rings. The lowest BCUT2D eigenvalue weighted by atomic mass is 10.0. The molecule has 1 aromatic rings. The lowest BCUT2D eigenvalue weighted by molar-refractivity contribution is -0.131. The van der Waals surface area contributed by atoms with E-state index in [1.807, 2.05) is 32.0 Å². The summed E-state index contributed by atoms with van der Waals surface area (Å²) >= 11 is 3.40. The first-order valence-electron chi connectivity index (χ1n) is 5.94. The summed E-state index contributed by atoms with van der Waals surface area (Å²) in [5, 5.41) is 8.88. The van der Waals surface area contributed by atoms with Gasteiger partial charge >= 0.3 is 5.97 Å². The van der Waals surface area contributed by atoms with E-state index in [1.165, 1.54) is 6.08 Å². The number of ether oxygens (including phenoxy) is 1. The summed E-state index contributed by atoms with van der Waals surface area (Å²) in [6.45, 7) is 4.59. The molecule has 98 valence electrons. The first-order chi connectivity index (χ1) is 8.58.